The van der Waals surface area contributed by atoms with E-state index in [2.05, 4.69) is 60.9 Å². The Morgan fingerprint density at radius 1 is 1.12 bits per heavy atom. The second kappa shape index (κ2) is 7.58. The summed E-state index contributed by atoms with van der Waals surface area (Å²) in [5.74, 6) is 0.0102. The van der Waals surface area contributed by atoms with Crippen LogP contribution in [-0.4, -0.2) is 43.0 Å². The average Bonchev–Trinajstić information content (AvgIpc) is 2.60. The van der Waals surface area contributed by atoms with Crippen LogP contribution in [0.3, 0.4) is 0 Å². The molecular formula is C21H28N4O. The van der Waals surface area contributed by atoms with E-state index in [-0.39, 0.29) is 24.2 Å². The van der Waals surface area contributed by atoms with E-state index in [1.54, 1.807) is 12.1 Å². The van der Waals surface area contributed by atoms with Crippen LogP contribution in [0.4, 0.5) is 0 Å². The molecule has 5 nitrogen and oxygen atoms in total. The third kappa shape index (κ3) is 3.51. The van der Waals surface area contributed by atoms with Gasteiger partial charge in [-0.05, 0) is 44.6 Å². The zero-order chi connectivity index (χ0) is 18.8. The number of hydrogen-bond acceptors (Lipinski definition) is 4. The molecular weight excluding hydrogens is 324 g/mol. The molecule has 0 saturated carbocycles. The minimum Gasteiger partial charge on any atom is -0.301 e. The normalized spacial score (nSPS) is 19.4. The van der Waals surface area contributed by atoms with Crippen molar-refractivity contribution in [1.29, 1.82) is 0 Å². The van der Waals surface area contributed by atoms with E-state index in [1.807, 2.05) is 31.2 Å². The summed E-state index contributed by atoms with van der Waals surface area (Å²) < 4.78 is 0. The molecule has 26 heavy (non-hydrogen) atoms. The monoisotopic (exact) mass is 352 g/mol. The standard InChI is InChI=1S/C21H28N4O/c1-14-10-9-13-17-18(14)21(26)25(5)23-20(17)22-15(2)19(24(3)4)16-11-7-6-8-12-16/h6-13,15,19-20,22-23H,1-5H3/t15-,19+,20?/m0/s1. The summed E-state index contributed by atoms with van der Waals surface area (Å²) in [6, 6.07) is 16.9. The lowest BCUT2D eigenvalue weighted by Crippen LogP contribution is -2.54. The number of fused-ring (bicyclic) bond motifs is 1. The Kier molecular flexibility index (Phi) is 5.41. The van der Waals surface area contributed by atoms with E-state index >= 15 is 0 Å². The minimum absolute atomic E-state index is 0.0102. The maximum Gasteiger partial charge on any atom is 0.268 e. The minimum atomic E-state index is -0.117. The molecule has 2 N–H and O–H groups in total. The molecule has 2 aromatic carbocycles. The van der Waals surface area contributed by atoms with Crippen LogP contribution in [0.1, 0.15) is 46.2 Å². The highest BCUT2D eigenvalue weighted by molar-refractivity contribution is 5.97. The molecule has 0 saturated heterocycles. The Bertz CT molecular complexity index is 775. The summed E-state index contributed by atoms with van der Waals surface area (Å²) in [5.41, 5.74) is 7.35. The SMILES string of the molecule is Cc1cccc2c1C(=O)N(C)NC2N[C@@H](C)[C@H](c1ccccc1)N(C)C. The molecule has 0 aromatic heterocycles. The predicted octanol–water partition coefficient (Wildman–Crippen LogP) is 2.86. The van der Waals surface area contributed by atoms with Crippen molar-refractivity contribution in [3.8, 4) is 0 Å². The van der Waals surface area contributed by atoms with Crippen LogP contribution >= 0.6 is 0 Å². The van der Waals surface area contributed by atoms with Crippen molar-refractivity contribution in [1.82, 2.24) is 20.7 Å². The van der Waals surface area contributed by atoms with Crippen LogP contribution in [0.15, 0.2) is 48.5 Å². The molecule has 0 aliphatic carbocycles. The fraction of sp³-hybridized carbons (Fsp3) is 0.381. The summed E-state index contributed by atoms with van der Waals surface area (Å²) in [5, 5.41) is 5.26. The highest BCUT2D eigenvalue weighted by atomic mass is 16.2. The number of amides is 1. The van der Waals surface area contributed by atoms with Gasteiger partial charge >= 0.3 is 0 Å². The van der Waals surface area contributed by atoms with Crippen LogP contribution in [0.2, 0.25) is 0 Å². The van der Waals surface area contributed by atoms with E-state index in [0.717, 1.165) is 16.7 Å². The quantitative estimate of drug-likeness (QED) is 0.869. The van der Waals surface area contributed by atoms with Crippen molar-refractivity contribution in [2.45, 2.75) is 32.1 Å². The number of hydrazine groups is 1. The summed E-state index contributed by atoms with van der Waals surface area (Å²) in [6.07, 6.45) is -0.117. The van der Waals surface area contributed by atoms with Crippen molar-refractivity contribution in [3.63, 3.8) is 0 Å². The summed E-state index contributed by atoms with van der Waals surface area (Å²) in [6.45, 7) is 4.17. The molecule has 1 heterocycles. The number of rotatable bonds is 5. The average molecular weight is 352 g/mol. The first-order valence-electron chi connectivity index (χ1n) is 9.01. The van der Waals surface area contributed by atoms with Crippen LogP contribution in [0, 0.1) is 6.92 Å². The van der Waals surface area contributed by atoms with E-state index < -0.39 is 0 Å². The Labute approximate surface area is 156 Å². The molecule has 0 bridgehead atoms. The summed E-state index contributed by atoms with van der Waals surface area (Å²) in [7, 11) is 5.97. The Morgan fingerprint density at radius 2 is 1.81 bits per heavy atom. The molecule has 1 amide bonds. The smallest absolute Gasteiger partial charge is 0.268 e. The molecule has 5 heteroatoms. The predicted molar refractivity (Wildman–Crippen MR) is 105 cm³/mol. The van der Waals surface area contributed by atoms with Crippen LogP contribution in [0.25, 0.3) is 0 Å². The van der Waals surface area contributed by atoms with Crippen LogP contribution < -0.4 is 10.7 Å². The first-order chi connectivity index (χ1) is 12.4. The Morgan fingerprint density at radius 3 is 2.46 bits per heavy atom. The van der Waals surface area contributed by atoms with Crippen LogP contribution in [0.5, 0.6) is 0 Å². The maximum atomic E-state index is 12.6. The van der Waals surface area contributed by atoms with Gasteiger partial charge in [-0.15, -0.1) is 0 Å². The van der Waals surface area contributed by atoms with Crippen molar-refractivity contribution in [3.05, 3.63) is 70.8 Å². The zero-order valence-electron chi connectivity index (χ0n) is 16.2. The van der Waals surface area contributed by atoms with Gasteiger partial charge in [0.15, 0.2) is 0 Å². The zero-order valence-corrected chi connectivity index (χ0v) is 16.2. The van der Waals surface area contributed by atoms with Gasteiger partial charge in [-0.2, -0.15) is 0 Å². The highest BCUT2D eigenvalue weighted by Gasteiger charge is 2.32. The molecule has 3 atom stereocenters. The Balaban J connectivity index is 1.89. The second-order valence-electron chi connectivity index (χ2n) is 7.24. The largest absolute Gasteiger partial charge is 0.301 e. The number of nitrogens with zero attached hydrogens (tertiary/aromatic N) is 2. The lowest BCUT2D eigenvalue weighted by atomic mass is 9.95. The summed E-state index contributed by atoms with van der Waals surface area (Å²) >= 11 is 0. The topological polar surface area (TPSA) is 47.6 Å². The van der Waals surface area contributed by atoms with Gasteiger partial charge in [-0.1, -0.05) is 48.5 Å². The lowest BCUT2D eigenvalue weighted by molar-refractivity contribution is 0.0602. The summed E-state index contributed by atoms with van der Waals surface area (Å²) in [4.78, 5) is 14.8. The van der Waals surface area contributed by atoms with Gasteiger partial charge in [0.2, 0.25) is 0 Å². The number of benzene rings is 2. The number of nitrogens with one attached hydrogen (secondary N) is 2. The van der Waals surface area contributed by atoms with Gasteiger partial charge in [-0.3, -0.25) is 15.1 Å². The molecule has 1 unspecified atom stereocenters. The van der Waals surface area contributed by atoms with Gasteiger partial charge in [-0.25, -0.2) is 5.43 Å². The Hall–Kier alpha value is -2.21. The number of carbonyl (C=O) groups is 1. The van der Waals surface area contributed by atoms with Gasteiger partial charge in [0.05, 0.1) is 0 Å². The van der Waals surface area contributed by atoms with Crippen molar-refractivity contribution >= 4 is 5.91 Å². The maximum absolute atomic E-state index is 12.6. The van der Waals surface area contributed by atoms with Crippen molar-refractivity contribution in [2.24, 2.45) is 0 Å². The van der Waals surface area contributed by atoms with Crippen LogP contribution in [-0.2, 0) is 0 Å². The molecule has 0 radical (unpaired) electrons. The molecule has 138 valence electrons. The van der Waals surface area contributed by atoms with E-state index in [9.17, 15) is 4.79 Å². The highest BCUT2D eigenvalue weighted by Crippen LogP contribution is 2.28. The third-order valence-corrected chi connectivity index (χ3v) is 5.06. The third-order valence-electron chi connectivity index (χ3n) is 5.06. The molecule has 0 fully saturated rings. The molecule has 1 aliphatic rings. The van der Waals surface area contributed by atoms with Crippen molar-refractivity contribution in [2.75, 3.05) is 21.1 Å². The first-order valence-corrected chi connectivity index (χ1v) is 9.01. The number of carbonyl (C=O) groups excluding carboxylic acids is 1. The molecule has 3 rings (SSSR count). The van der Waals surface area contributed by atoms with Gasteiger partial charge in [0, 0.05) is 24.7 Å². The molecule has 1 aliphatic heterocycles. The van der Waals surface area contributed by atoms with Crippen molar-refractivity contribution < 1.29 is 4.79 Å². The molecule has 0 spiro atoms. The molecule has 2 aromatic rings. The fourth-order valence-electron chi connectivity index (χ4n) is 3.88. The lowest BCUT2D eigenvalue weighted by Gasteiger charge is -2.39. The van der Waals surface area contributed by atoms with Gasteiger partial charge < -0.3 is 4.90 Å². The number of likely N-dealkylation sites (N-methyl/N-ethyl adjacent to an activating group) is 1. The van der Waals surface area contributed by atoms with E-state index in [1.165, 1.54) is 5.56 Å². The van der Waals surface area contributed by atoms with E-state index in [0.29, 0.717) is 0 Å². The van der Waals surface area contributed by atoms with Gasteiger partial charge in [0.25, 0.3) is 5.91 Å². The number of hydrogen-bond donors (Lipinski definition) is 2. The first kappa shape index (κ1) is 18.6. The van der Waals surface area contributed by atoms with E-state index in [4.69, 9.17) is 0 Å². The second-order valence-corrected chi connectivity index (χ2v) is 7.24. The van der Waals surface area contributed by atoms with Gasteiger partial charge in [0.1, 0.15) is 6.17 Å². The number of aryl methyl sites for hydroxylation is 1. The fourth-order valence-corrected chi connectivity index (χ4v) is 3.88.